The zero-order valence-corrected chi connectivity index (χ0v) is 16.6. The number of carbonyl (C=O) groups is 3. The first kappa shape index (κ1) is 17.9. The normalized spacial score (nSPS) is 21.8. The number of amides is 3. The molecule has 2 aliphatic rings. The fraction of sp³-hybridized carbons (Fsp3) is 0.375. The van der Waals surface area contributed by atoms with E-state index in [0.29, 0.717) is 5.56 Å². The minimum Gasteiger partial charge on any atom is -0.306 e. The number of anilines is 1. The van der Waals surface area contributed by atoms with Crippen LogP contribution in [-0.4, -0.2) is 33.9 Å². The van der Waals surface area contributed by atoms with E-state index in [9.17, 15) is 14.4 Å². The number of halogens is 1. The van der Waals surface area contributed by atoms with Gasteiger partial charge in [0.25, 0.3) is 5.91 Å². The standard InChI is InChI=1S/C16H17BrN4O3S/c1-8(2)20-13-6-5-11(17)7-12(13)16(14(20)24)21(10(4)23)19-15(25-16)18-9(3)22/h5-8H,1-4H3,(H,18,19,22)/t16-/m1/s1. The molecule has 0 saturated heterocycles. The lowest BCUT2D eigenvalue weighted by Crippen LogP contribution is -2.50. The van der Waals surface area contributed by atoms with Crippen LogP contribution in [0.25, 0.3) is 0 Å². The predicted molar refractivity (Wildman–Crippen MR) is 99.8 cm³/mol. The Labute approximate surface area is 157 Å². The van der Waals surface area contributed by atoms with E-state index >= 15 is 0 Å². The molecule has 0 bridgehead atoms. The number of fused-ring (bicyclic) bond motifs is 2. The number of amidine groups is 1. The molecule has 0 aliphatic carbocycles. The number of benzene rings is 1. The maximum absolute atomic E-state index is 13.4. The summed E-state index contributed by atoms with van der Waals surface area (Å²) in [6, 6.07) is 5.44. The van der Waals surface area contributed by atoms with Gasteiger partial charge in [0.15, 0.2) is 5.17 Å². The molecule has 132 valence electrons. The Hall–Kier alpha value is -1.87. The molecule has 2 aliphatic heterocycles. The Morgan fingerprint density at radius 2 is 2.00 bits per heavy atom. The quantitative estimate of drug-likeness (QED) is 0.749. The molecule has 3 rings (SSSR count). The van der Waals surface area contributed by atoms with Crippen LogP contribution in [0.15, 0.2) is 27.8 Å². The lowest BCUT2D eigenvalue weighted by atomic mass is 10.1. The van der Waals surface area contributed by atoms with Crippen LogP contribution in [0.1, 0.15) is 33.3 Å². The summed E-state index contributed by atoms with van der Waals surface area (Å²) in [5, 5.41) is 8.18. The fourth-order valence-electron chi connectivity index (χ4n) is 3.05. The van der Waals surface area contributed by atoms with Gasteiger partial charge < -0.3 is 10.2 Å². The highest BCUT2D eigenvalue weighted by molar-refractivity contribution is 9.10. The number of nitrogens with zero attached hydrogens (tertiary/aromatic N) is 3. The third-order valence-corrected chi connectivity index (χ3v) is 5.66. The van der Waals surface area contributed by atoms with Crippen LogP contribution >= 0.6 is 27.7 Å². The van der Waals surface area contributed by atoms with Gasteiger partial charge in [-0.05, 0) is 43.8 Å². The molecule has 0 saturated carbocycles. The van der Waals surface area contributed by atoms with Crippen LogP contribution in [0.4, 0.5) is 5.69 Å². The van der Waals surface area contributed by atoms with Gasteiger partial charge in [-0.25, -0.2) is 0 Å². The van der Waals surface area contributed by atoms with Crippen molar-refractivity contribution < 1.29 is 14.4 Å². The Bertz CT molecular complexity index is 826. The van der Waals surface area contributed by atoms with Crippen LogP contribution in [-0.2, 0) is 19.3 Å². The van der Waals surface area contributed by atoms with Crippen LogP contribution in [0.5, 0.6) is 0 Å². The van der Waals surface area contributed by atoms with E-state index in [-0.39, 0.29) is 28.9 Å². The van der Waals surface area contributed by atoms with E-state index in [0.717, 1.165) is 21.9 Å². The van der Waals surface area contributed by atoms with Gasteiger partial charge in [0, 0.05) is 29.9 Å². The maximum atomic E-state index is 13.4. The minimum absolute atomic E-state index is 0.0916. The number of hydrazone groups is 1. The zero-order chi connectivity index (χ0) is 18.5. The van der Waals surface area contributed by atoms with E-state index in [2.05, 4.69) is 26.3 Å². The summed E-state index contributed by atoms with van der Waals surface area (Å²) in [4.78, 5) is 37.4. The monoisotopic (exact) mass is 424 g/mol. The summed E-state index contributed by atoms with van der Waals surface area (Å²) in [6.45, 7) is 6.53. The van der Waals surface area contributed by atoms with Crippen molar-refractivity contribution in [3.8, 4) is 0 Å². The van der Waals surface area contributed by atoms with Crippen LogP contribution in [0.2, 0.25) is 0 Å². The van der Waals surface area contributed by atoms with Crippen molar-refractivity contribution in [2.75, 3.05) is 4.90 Å². The Morgan fingerprint density at radius 3 is 2.56 bits per heavy atom. The van der Waals surface area contributed by atoms with Gasteiger partial charge in [-0.3, -0.25) is 14.4 Å². The second-order valence-electron chi connectivity index (χ2n) is 6.09. The highest BCUT2D eigenvalue weighted by Gasteiger charge is 2.61. The van der Waals surface area contributed by atoms with Crippen molar-refractivity contribution in [1.82, 2.24) is 10.3 Å². The van der Waals surface area contributed by atoms with E-state index in [1.807, 2.05) is 32.0 Å². The molecular formula is C16H17BrN4O3S. The Kier molecular flexibility index (Phi) is 4.40. The van der Waals surface area contributed by atoms with Crippen molar-refractivity contribution >= 4 is 56.3 Å². The lowest BCUT2D eigenvalue weighted by Gasteiger charge is -2.30. The van der Waals surface area contributed by atoms with E-state index in [4.69, 9.17) is 0 Å². The summed E-state index contributed by atoms with van der Waals surface area (Å²) in [5.74, 6) is -0.940. The summed E-state index contributed by atoms with van der Waals surface area (Å²) in [5.41, 5.74) is 1.41. The van der Waals surface area contributed by atoms with Gasteiger partial charge >= 0.3 is 0 Å². The first-order chi connectivity index (χ1) is 11.7. The lowest BCUT2D eigenvalue weighted by molar-refractivity contribution is -0.139. The maximum Gasteiger partial charge on any atom is 0.271 e. The second-order valence-corrected chi connectivity index (χ2v) is 8.19. The van der Waals surface area contributed by atoms with Gasteiger partial charge in [0.1, 0.15) is 0 Å². The first-order valence-corrected chi connectivity index (χ1v) is 9.29. The van der Waals surface area contributed by atoms with Crippen molar-refractivity contribution in [2.24, 2.45) is 5.10 Å². The highest BCUT2D eigenvalue weighted by atomic mass is 79.9. The van der Waals surface area contributed by atoms with Crippen molar-refractivity contribution in [3.05, 3.63) is 28.2 Å². The average Bonchev–Trinajstić information content (AvgIpc) is 2.98. The minimum atomic E-state index is -1.34. The molecule has 1 N–H and O–H groups in total. The van der Waals surface area contributed by atoms with E-state index in [1.165, 1.54) is 18.9 Å². The highest BCUT2D eigenvalue weighted by Crippen LogP contribution is 2.55. The van der Waals surface area contributed by atoms with Gasteiger partial charge in [0.2, 0.25) is 16.7 Å². The molecule has 0 unspecified atom stereocenters. The molecule has 0 fully saturated rings. The molecule has 1 aromatic rings. The molecule has 3 amide bonds. The van der Waals surface area contributed by atoms with Gasteiger partial charge in [-0.15, -0.1) is 5.10 Å². The fourth-order valence-corrected chi connectivity index (χ4v) is 4.72. The summed E-state index contributed by atoms with van der Waals surface area (Å²) in [7, 11) is 0. The Morgan fingerprint density at radius 1 is 1.32 bits per heavy atom. The molecule has 2 heterocycles. The molecule has 0 aromatic heterocycles. The second kappa shape index (κ2) is 6.14. The number of nitrogens with one attached hydrogen (secondary N) is 1. The molecule has 1 aromatic carbocycles. The molecule has 25 heavy (non-hydrogen) atoms. The molecule has 1 spiro atoms. The Balaban J connectivity index is 2.21. The molecule has 1 atom stereocenters. The van der Waals surface area contributed by atoms with Crippen LogP contribution < -0.4 is 10.2 Å². The van der Waals surface area contributed by atoms with Crippen molar-refractivity contribution in [2.45, 2.75) is 38.6 Å². The first-order valence-electron chi connectivity index (χ1n) is 7.68. The SMILES string of the molecule is CC(=O)NC1=NN(C(C)=O)[C@]2(S1)C(=O)N(C(C)C)c1ccc(Br)cc12. The van der Waals surface area contributed by atoms with Gasteiger partial charge in [-0.1, -0.05) is 15.9 Å². The smallest absolute Gasteiger partial charge is 0.271 e. The largest absolute Gasteiger partial charge is 0.306 e. The summed E-state index contributed by atoms with van der Waals surface area (Å²) < 4.78 is 0.793. The van der Waals surface area contributed by atoms with E-state index in [1.54, 1.807) is 4.90 Å². The van der Waals surface area contributed by atoms with Gasteiger partial charge in [-0.2, -0.15) is 5.01 Å². The number of hydrogen-bond donors (Lipinski definition) is 1. The van der Waals surface area contributed by atoms with Crippen molar-refractivity contribution in [1.29, 1.82) is 0 Å². The van der Waals surface area contributed by atoms with Gasteiger partial charge in [0.05, 0.1) is 5.69 Å². The number of thioether (sulfide) groups is 1. The molecule has 7 nitrogen and oxygen atoms in total. The van der Waals surface area contributed by atoms with Crippen LogP contribution in [0.3, 0.4) is 0 Å². The molecular weight excluding hydrogens is 408 g/mol. The predicted octanol–water partition coefficient (Wildman–Crippen LogP) is 2.36. The molecule has 9 heteroatoms. The third kappa shape index (κ3) is 2.65. The van der Waals surface area contributed by atoms with E-state index < -0.39 is 4.87 Å². The number of hydrogen-bond acceptors (Lipinski definition) is 5. The topological polar surface area (TPSA) is 82.1 Å². The zero-order valence-electron chi connectivity index (χ0n) is 14.2. The third-order valence-electron chi connectivity index (χ3n) is 3.92. The number of carbonyl (C=O) groups excluding carboxylic acids is 3. The van der Waals surface area contributed by atoms with Crippen LogP contribution in [0, 0.1) is 0 Å². The summed E-state index contributed by atoms with van der Waals surface area (Å²) >= 11 is 4.51. The number of rotatable bonds is 1. The summed E-state index contributed by atoms with van der Waals surface area (Å²) in [6.07, 6.45) is 0. The molecule has 0 radical (unpaired) electrons. The van der Waals surface area contributed by atoms with Crippen molar-refractivity contribution in [3.63, 3.8) is 0 Å². The average molecular weight is 425 g/mol.